The summed E-state index contributed by atoms with van der Waals surface area (Å²) >= 11 is 0. The molecule has 1 aliphatic rings. The third kappa shape index (κ3) is 5.47. The Morgan fingerprint density at radius 3 is 2.41 bits per heavy atom. The van der Waals surface area contributed by atoms with Crippen molar-refractivity contribution in [2.75, 3.05) is 30.2 Å². The molecule has 1 aliphatic heterocycles. The number of anilines is 3. The van der Waals surface area contributed by atoms with Crippen LogP contribution in [0.5, 0.6) is 0 Å². The van der Waals surface area contributed by atoms with Crippen molar-refractivity contribution < 1.29 is 8.42 Å². The van der Waals surface area contributed by atoms with Gasteiger partial charge in [-0.15, -0.1) is 0 Å². The zero-order valence-corrected chi connectivity index (χ0v) is 22.6. The summed E-state index contributed by atoms with van der Waals surface area (Å²) in [6, 6.07) is 17.8. The summed E-state index contributed by atoms with van der Waals surface area (Å²) < 4.78 is 29.0. The Balaban J connectivity index is 1.36. The van der Waals surface area contributed by atoms with Gasteiger partial charge in [-0.2, -0.15) is 4.98 Å². The molecular formula is C28H34N6O2S. The number of nitrogens with one attached hydrogen (secondary N) is 2. The molecule has 4 aromatic rings. The van der Waals surface area contributed by atoms with Gasteiger partial charge in [-0.3, -0.25) is 4.72 Å². The molecule has 1 saturated heterocycles. The number of nitrogens with zero attached hydrogens (tertiary/aromatic N) is 4. The number of rotatable bonds is 6. The molecule has 0 radical (unpaired) electrons. The first-order valence-corrected chi connectivity index (χ1v) is 14.1. The zero-order chi connectivity index (χ0) is 26.2. The van der Waals surface area contributed by atoms with Crippen molar-refractivity contribution in [3.05, 3.63) is 72.6 Å². The van der Waals surface area contributed by atoms with Crippen LogP contribution in [0, 0.1) is 0 Å². The molecule has 0 saturated carbocycles. The number of likely N-dealkylation sites (tertiary alicyclic amines) is 1. The lowest BCUT2D eigenvalue weighted by Crippen LogP contribution is -2.33. The van der Waals surface area contributed by atoms with Crippen molar-refractivity contribution in [2.24, 2.45) is 0 Å². The molecule has 3 heterocycles. The summed E-state index contributed by atoms with van der Waals surface area (Å²) in [6.07, 6.45) is 6.09. The third-order valence-electron chi connectivity index (χ3n) is 6.97. The Labute approximate surface area is 218 Å². The summed E-state index contributed by atoms with van der Waals surface area (Å²) in [5, 5.41) is 4.22. The first-order chi connectivity index (χ1) is 17.6. The summed E-state index contributed by atoms with van der Waals surface area (Å²) in [4.78, 5) is 11.6. The number of hydrogen-bond acceptors (Lipinski definition) is 6. The SMILES string of the molecule is CN1CCC(c2ccc(Nc3ncc4ccn(-c5cccc(NS(=O)(=O)C(C)(C)C)c5)c4n3)cc2)CC1. The van der Waals surface area contributed by atoms with Crippen LogP contribution in [0.15, 0.2) is 67.0 Å². The smallest absolute Gasteiger partial charge is 0.237 e. The van der Waals surface area contributed by atoms with Crippen LogP contribution in [-0.2, 0) is 10.0 Å². The van der Waals surface area contributed by atoms with Gasteiger partial charge in [0.25, 0.3) is 0 Å². The fourth-order valence-corrected chi connectivity index (χ4v) is 5.27. The molecule has 37 heavy (non-hydrogen) atoms. The van der Waals surface area contributed by atoms with E-state index in [4.69, 9.17) is 4.98 Å². The monoisotopic (exact) mass is 518 g/mol. The van der Waals surface area contributed by atoms with Crippen LogP contribution in [0.3, 0.4) is 0 Å². The maximum atomic E-state index is 12.6. The second-order valence-electron chi connectivity index (χ2n) is 10.8. The number of fused-ring (bicyclic) bond motifs is 1. The van der Waals surface area contributed by atoms with Gasteiger partial charge in [-0.25, -0.2) is 13.4 Å². The number of benzene rings is 2. The molecule has 1 fully saturated rings. The van der Waals surface area contributed by atoms with Crippen LogP contribution in [0.2, 0.25) is 0 Å². The third-order valence-corrected chi connectivity index (χ3v) is 9.08. The quantitative estimate of drug-likeness (QED) is 0.350. The van der Waals surface area contributed by atoms with Crippen molar-refractivity contribution in [1.82, 2.24) is 19.4 Å². The summed E-state index contributed by atoms with van der Waals surface area (Å²) in [5.74, 6) is 1.12. The van der Waals surface area contributed by atoms with E-state index < -0.39 is 14.8 Å². The molecule has 2 aromatic carbocycles. The second kappa shape index (κ2) is 9.79. The molecule has 0 atom stereocenters. The molecule has 0 aliphatic carbocycles. The molecule has 194 valence electrons. The van der Waals surface area contributed by atoms with Gasteiger partial charge >= 0.3 is 0 Å². The Kier molecular flexibility index (Phi) is 6.68. The van der Waals surface area contributed by atoms with Crippen LogP contribution < -0.4 is 10.0 Å². The largest absolute Gasteiger partial charge is 0.324 e. The van der Waals surface area contributed by atoms with Gasteiger partial charge < -0.3 is 14.8 Å². The molecule has 0 bridgehead atoms. The number of aromatic nitrogens is 3. The zero-order valence-electron chi connectivity index (χ0n) is 21.8. The summed E-state index contributed by atoms with van der Waals surface area (Å²) in [7, 11) is -1.35. The van der Waals surface area contributed by atoms with Crippen molar-refractivity contribution in [3.8, 4) is 5.69 Å². The second-order valence-corrected chi connectivity index (χ2v) is 13.2. The summed E-state index contributed by atoms with van der Waals surface area (Å²) in [6.45, 7) is 7.30. The van der Waals surface area contributed by atoms with Crippen molar-refractivity contribution in [1.29, 1.82) is 0 Å². The maximum Gasteiger partial charge on any atom is 0.237 e. The minimum absolute atomic E-state index is 0.504. The molecule has 0 spiro atoms. The van der Waals surface area contributed by atoms with Crippen LogP contribution in [-0.4, -0.2) is 52.7 Å². The normalized spacial score (nSPS) is 15.7. The maximum absolute atomic E-state index is 12.6. The van der Waals surface area contributed by atoms with Crippen LogP contribution in [0.25, 0.3) is 16.7 Å². The Hall–Kier alpha value is -3.43. The van der Waals surface area contributed by atoms with Crippen molar-refractivity contribution in [2.45, 2.75) is 44.3 Å². The van der Waals surface area contributed by atoms with Crippen LogP contribution in [0.4, 0.5) is 17.3 Å². The highest BCUT2D eigenvalue weighted by Crippen LogP contribution is 2.29. The molecule has 2 aromatic heterocycles. The molecule has 2 N–H and O–H groups in total. The van der Waals surface area contributed by atoms with E-state index in [1.807, 2.05) is 29.0 Å². The average Bonchev–Trinajstić information content (AvgIpc) is 3.28. The van der Waals surface area contributed by atoms with E-state index in [0.29, 0.717) is 17.6 Å². The summed E-state index contributed by atoms with van der Waals surface area (Å²) in [5.41, 5.74) is 4.36. The standard InChI is InChI=1S/C28H34N6O2S/c1-28(2,3)37(35,36)32-24-6-5-7-25(18-24)34-17-14-22-19-29-27(31-26(22)34)30-23-10-8-20(9-11-23)21-12-15-33(4)16-13-21/h5-11,14,17-19,21,32H,12-13,15-16H2,1-4H3,(H,29,30,31). The van der Waals surface area contributed by atoms with Crippen molar-refractivity contribution in [3.63, 3.8) is 0 Å². The fourth-order valence-electron chi connectivity index (χ4n) is 4.52. The lowest BCUT2D eigenvalue weighted by Gasteiger charge is -2.29. The predicted octanol–water partition coefficient (Wildman–Crippen LogP) is 5.51. The van der Waals surface area contributed by atoms with Gasteiger partial charge in [-0.1, -0.05) is 18.2 Å². The molecule has 0 unspecified atom stereocenters. The highest BCUT2D eigenvalue weighted by Gasteiger charge is 2.29. The van der Waals surface area contributed by atoms with E-state index in [1.54, 1.807) is 39.1 Å². The van der Waals surface area contributed by atoms with E-state index in [1.165, 1.54) is 18.4 Å². The predicted molar refractivity (Wildman–Crippen MR) is 150 cm³/mol. The molecule has 0 amide bonds. The van der Waals surface area contributed by atoms with Crippen molar-refractivity contribution >= 4 is 38.4 Å². The Morgan fingerprint density at radius 1 is 0.973 bits per heavy atom. The average molecular weight is 519 g/mol. The van der Waals surface area contributed by atoms with Gasteiger partial charge in [0, 0.05) is 29.2 Å². The van der Waals surface area contributed by atoms with Gasteiger partial charge in [0.15, 0.2) is 0 Å². The number of hydrogen-bond donors (Lipinski definition) is 2. The number of piperidine rings is 1. The van der Waals surface area contributed by atoms with E-state index in [0.717, 1.165) is 35.5 Å². The number of sulfonamides is 1. The van der Waals surface area contributed by atoms with Gasteiger partial charge in [0.2, 0.25) is 16.0 Å². The molecule has 8 nitrogen and oxygen atoms in total. The fraction of sp³-hybridized carbons (Fsp3) is 0.357. The lowest BCUT2D eigenvalue weighted by molar-refractivity contribution is 0.255. The highest BCUT2D eigenvalue weighted by atomic mass is 32.2. The van der Waals surface area contributed by atoms with Gasteiger partial charge in [-0.05, 0) is 102 Å². The molecular weight excluding hydrogens is 484 g/mol. The Morgan fingerprint density at radius 2 is 1.70 bits per heavy atom. The van der Waals surface area contributed by atoms with Crippen LogP contribution >= 0.6 is 0 Å². The highest BCUT2D eigenvalue weighted by molar-refractivity contribution is 7.94. The molecule has 5 rings (SSSR count). The molecule has 9 heteroatoms. The van der Waals surface area contributed by atoms with Gasteiger partial charge in [0.05, 0.1) is 10.4 Å². The minimum Gasteiger partial charge on any atom is -0.324 e. The van der Waals surface area contributed by atoms with E-state index in [-0.39, 0.29) is 0 Å². The van der Waals surface area contributed by atoms with Gasteiger partial charge in [0.1, 0.15) is 5.65 Å². The lowest BCUT2D eigenvalue weighted by atomic mass is 9.89. The van der Waals surface area contributed by atoms with E-state index in [2.05, 4.69) is 51.2 Å². The minimum atomic E-state index is -3.53. The van der Waals surface area contributed by atoms with E-state index in [9.17, 15) is 8.42 Å². The first kappa shape index (κ1) is 25.2. The Bertz CT molecular complexity index is 1500. The van der Waals surface area contributed by atoms with Crippen LogP contribution in [0.1, 0.15) is 45.1 Å². The topological polar surface area (TPSA) is 92.2 Å². The van der Waals surface area contributed by atoms with E-state index >= 15 is 0 Å². The first-order valence-electron chi connectivity index (χ1n) is 12.6.